The van der Waals surface area contributed by atoms with Crippen molar-refractivity contribution in [2.24, 2.45) is 5.73 Å². The summed E-state index contributed by atoms with van der Waals surface area (Å²) in [5.41, 5.74) is 8.61. The highest BCUT2D eigenvalue weighted by Gasteiger charge is 2.14. The average Bonchev–Trinajstić information content (AvgIpc) is 3.04. The molecule has 1 heterocycles. The highest BCUT2D eigenvalue weighted by atomic mass is 16.7. The van der Waals surface area contributed by atoms with Crippen LogP contribution in [0.4, 0.5) is 0 Å². The number of benzene rings is 2. The van der Waals surface area contributed by atoms with Gasteiger partial charge in [0.2, 0.25) is 6.79 Å². The lowest BCUT2D eigenvalue weighted by atomic mass is 9.91. The van der Waals surface area contributed by atoms with Gasteiger partial charge in [-0.15, -0.1) is 0 Å². The number of rotatable bonds is 7. The molecule has 0 aliphatic carbocycles. The highest BCUT2D eigenvalue weighted by molar-refractivity contribution is 5.46. The minimum Gasteiger partial charge on any atom is -0.493 e. The summed E-state index contributed by atoms with van der Waals surface area (Å²) in [6, 6.07) is 14.1. The fourth-order valence-corrected chi connectivity index (χ4v) is 2.93. The van der Waals surface area contributed by atoms with Crippen LogP contribution in [0.5, 0.6) is 17.2 Å². The van der Waals surface area contributed by atoms with Gasteiger partial charge >= 0.3 is 0 Å². The molecule has 0 saturated carbocycles. The van der Waals surface area contributed by atoms with Crippen LogP contribution in [0.1, 0.15) is 29.9 Å². The first-order valence-corrected chi connectivity index (χ1v) is 8.06. The second-order valence-corrected chi connectivity index (χ2v) is 5.79. The summed E-state index contributed by atoms with van der Waals surface area (Å²) in [5, 5.41) is 0. The van der Waals surface area contributed by atoms with Crippen LogP contribution >= 0.6 is 0 Å². The molecule has 2 N–H and O–H groups in total. The summed E-state index contributed by atoms with van der Waals surface area (Å²) in [4.78, 5) is 0. The highest BCUT2D eigenvalue weighted by Crippen LogP contribution is 2.35. The molecule has 122 valence electrons. The van der Waals surface area contributed by atoms with E-state index in [0.29, 0.717) is 19.1 Å². The molecular formula is C19H23NO3. The van der Waals surface area contributed by atoms with E-state index in [4.69, 9.17) is 19.9 Å². The Kier molecular flexibility index (Phi) is 5.03. The van der Waals surface area contributed by atoms with E-state index >= 15 is 0 Å². The molecule has 1 atom stereocenters. The maximum atomic E-state index is 5.96. The molecule has 0 aromatic heterocycles. The summed E-state index contributed by atoms with van der Waals surface area (Å²) < 4.78 is 16.5. The summed E-state index contributed by atoms with van der Waals surface area (Å²) in [5.74, 6) is 2.73. The van der Waals surface area contributed by atoms with Crippen LogP contribution in [-0.2, 0) is 0 Å². The number of hydrogen-bond acceptors (Lipinski definition) is 4. The van der Waals surface area contributed by atoms with Crippen LogP contribution in [0.15, 0.2) is 42.5 Å². The molecule has 1 aliphatic heterocycles. The zero-order chi connectivity index (χ0) is 16.1. The van der Waals surface area contributed by atoms with Crippen molar-refractivity contribution in [3.05, 3.63) is 53.6 Å². The van der Waals surface area contributed by atoms with Crippen LogP contribution in [0, 0.1) is 6.92 Å². The van der Waals surface area contributed by atoms with Gasteiger partial charge in [-0.3, -0.25) is 0 Å². The minimum atomic E-state index is 0.285. The standard InChI is InChI=1S/C19H23NO3/c1-14-5-2-3-7-17(14)15(12-20)6-4-10-21-16-8-9-18-19(11-16)23-13-22-18/h2-3,5,7-9,11,15H,4,6,10,12-13,20H2,1H3. The van der Waals surface area contributed by atoms with Crippen molar-refractivity contribution >= 4 is 0 Å². The van der Waals surface area contributed by atoms with E-state index in [9.17, 15) is 0 Å². The maximum absolute atomic E-state index is 5.96. The van der Waals surface area contributed by atoms with E-state index in [1.165, 1.54) is 11.1 Å². The van der Waals surface area contributed by atoms with Crippen LogP contribution in [0.3, 0.4) is 0 Å². The molecule has 4 nitrogen and oxygen atoms in total. The van der Waals surface area contributed by atoms with Crippen molar-refractivity contribution in [1.82, 2.24) is 0 Å². The lowest BCUT2D eigenvalue weighted by Crippen LogP contribution is -2.14. The Morgan fingerprint density at radius 2 is 1.96 bits per heavy atom. The average molecular weight is 313 g/mol. The van der Waals surface area contributed by atoms with Crippen molar-refractivity contribution in [3.63, 3.8) is 0 Å². The summed E-state index contributed by atoms with van der Waals surface area (Å²) >= 11 is 0. The van der Waals surface area contributed by atoms with Gasteiger partial charge in [0.05, 0.1) is 6.61 Å². The largest absolute Gasteiger partial charge is 0.493 e. The van der Waals surface area contributed by atoms with Crippen molar-refractivity contribution in [2.45, 2.75) is 25.7 Å². The van der Waals surface area contributed by atoms with E-state index in [0.717, 1.165) is 30.1 Å². The fourth-order valence-electron chi connectivity index (χ4n) is 2.93. The van der Waals surface area contributed by atoms with Gasteiger partial charge in [0.25, 0.3) is 0 Å². The Morgan fingerprint density at radius 3 is 2.78 bits per heavy atom. The molecule has 0 spiro atoms. The quantitative estimate of drug-likeness (QED) is 0.793. The van der Waals surface area contributed by atoms with Gasteiger partial charge < -0.3 is 19.9 Å². The Bertz CT molecular complexity index is 657. The number of hydrogen-bond donors (Lipinski definition) is 1. The Hall–Kier alpha value is -2.20. The predicted molar refractivity (Wildman–Crippen MR) is 90.3 cm³/mol. The molecule has 0 radical (unpaired) electrons. The molecule has 0 fully saturated rings. The first-order chi connectivity index (χ1) is 11.3. The second kappa shape index (κ2) is 7.38. The van der Waals surface area contributed by atoms with Gasteiger partial charge in [0.15, 0.2) is 11.5 Å². The SMILES string of the molecule is Cc1ccccc1C(CN)CCCOc1ccc2c(c1)OCO2. The number of nitrogens with two attached hydrogens (primary N) is 1. The van der Waals surface area contributed by atoms with E-state index in [1.807, 2.05) is 18.2 Å². The zero-order valence-corrected chi connectivity index (χ0v) is 13.5. The van der Waals surface area contributed by atoms with Gasteiger partial charge in [0, 0.05) is 6.07 Å². The summed E-state index contributed by atoms with van der Waals surface area (Å²) in [7, 11) is 0. The molecule has 2 aromatic carbocycles. The van der Waals surface area contributed by atoms with E-state index in [-0.39, 0.29) is 6.79 Å². The van der Waals surface area contributed by atoms with Gasteiger partial charge in [-0.2, -0.15) is 0 Å². The monoisotopic (exact) mass is 313 g/mol. The first-order valence-electron chi connectivity index (χ1n) is 8.06. The van der Waals surface area contributed by atoms with E-state index in [1.54, 1.807) is 0 Å². The smallest absolute Gasteiger partial charge is 0.231 e. The van der Waals surface area contributed by atoms with Crippen molar-refractivity contribution < 1.29 is 14.2 Å². The van der Waals surface area contributed by atoms with Gasteiger partial charge in [-0.05, 0) is 55.5 Å². The van der Waals surface area contributed by atoms with Crippen molar-refractivity contribution in [2.75, 3.05) is 19.9 Å². The summed E-state index contributed by atoms with van der Waals surface area (Å²) in [6.45, 7) is 3.76. The molecule has 23 heavy (non-hydrogen) atoms. The van der Waals surface area contributed by atoms with Crippen molar-refractivity contribution in [3.8, 4) is 17.2 Å². The number of ether oxygens (including phenoxy) is 3. The van der Waals surface area contributed by atoms with E-state index < -0.39 is 0 Å². The molecule has 4 heteroatoms. The maximum Gasteiger partial charge on any atom is 0.231 e. The van der Waals surface area contributed by atoms with Crippen LogP contribution < -0.4 is 19.9 Å². The van der Waals surface area contributed by atoms with Gasteiger partial charge in [-0.25, -0.2) is 0 Å². The lowest BCUT2D eigenvalue weighted by molar-refractivity contribution is 0.173. The minimum absolute atomic E-state index is 0.285. The Labute approximate surface area is 137 Å². The van der Waals surface area contributed by atoms with Gasteiger partial charge in [-0.1, -0.05) is 24.3 Å². The molecule has 2 aromatic rings. The summed E-state index contributed by atoms with van der Waals surface area (Å²) in [6.07, 6.45) is 1.98. The van der Waals surface area contributed by atoms with Crippen molar-refractivity contribution in [1.29, 1.82) is 0 Å². The van der Waals surface area contributed by atoms with Crippen LogP contribution in [0.25, 0.3) is 0 Å². The second-order valence-electron chi connectivity index (χ2n) is 5.79. The molecule has 0 saturated heterocycles. The third-order valence-corrected chi connectivity index (χ3v) is 4.22. The zero-order valence-electron chi connectivity index (χ0n) is 13.5. The third kappa shape index (κ3) is 3.77. The Balaban J connectivity index is 1.50. The normalized spacial score (nSPS) is 13.8. The molecular weight excluding hydrogens is 290 g/mol. The molecule has 0 amide bonds. The molecule has 1 aliphatic rings. The third-order valence-electron chi connectivity index (χ3n) is 4.22. The van der Waals surface area contributed by atoms with E-state index in [2.05, 4.69) is 31.2 Å². The predicted octanol–water partition coefficient (Wildman–Crippen LogP) is 3.63. The molecule has 3 rings (SSSR count). The van der Waals surface area contributed by atoms with Crippen LogP contribution in [0.2, 0.25) is 0 Å². The Morgan fingerprint density at radius 1 is 1.13 bits per heavy atom. The van der Waals surface area contributed by atoms with Crippen LogP contribution in [-0.4, -0.2) is 19.9 Å². The number of aryl methyl sites for hydroxylation is 1. The molecule has 0 bridgehead atoms. The topological polar surface area (TPSA) is 53.7 Å². The fraction of sp³-hybridized carbons (Fsp3) is 0.368. The lowest BCUT2D eigenvalue weighted by Gasteiger charge is -2.17. The number of fused-ring (bicyclic) bond motifs is 1. The molecule has 1 unspecified atom stereocenters. The first kappa shape index (κ1) is 15.7. The van der Waals surface area contributed by atoms with Gasteiger partial charge in [0.1, 0.15) is 5.75 Å².